The van der Waals surface area contributed by atoms with E-state index in [1.165, 1.54) is 36.7 Å². The molecule has 1 aromatic heterocycles. The van der Waals surface area contributed by atoms with Crippen LogP contribution in [0.3, 0.4) is 0 Å². The number of carbonyl (C=O) groups excluding carboxylic acids is 1. The van der Waals surface area contributed by atoms with Crippen molar-refractivity contribution >= 4 is 34.9 Å². The molecule has 0 spiro atoms. The van der Waals surface area contributed by atoms with Crippen molar-refractivity contribution < 1.29 is 4.79 Å². The van der Waals surface area contributed by atoms with Gasteiger partial charge in [-0.05, 0) is 45.6 Å². The maximum absolute atomic E-state index is 13.0. The van der Waals surface area contributed by atoms with Crippen molar-refractivity contribution in [3.8, 4) is 0 Å². The Balaban J connectivity index is 2.12. The number of rotatable bonds is 14. The highest BCUT2D eigenvalue weighted by molar-refractivity contribution is 7.98. The van der Waals surface area contributed by atoms with Crippen molar-refractivity contribution in [3.63, 3.8) is 0 Å². The minimum atomic E-state index is -0.00403. The first-order valence-corrected chi connectivity index (χ1v) is 13.0. The summed E-state index contributed by atoms with van der Waals surface area (Å²) in [5, 5.41) is 3.95. The number of benzene rings is 1. The van der Waals surface area contributed by atoms with Crippen molar-refractivity contribution in [2.24, 2.45) is 0 Å². The van der Waals surface area contributed by atoms with Crippen LogP contribution >= 0.6 is 11.8 Å². The van der Waals surface area contributed by atoms with E-state index in [4.69, 9.17) is 0 Å². The molecule has 176 valence electrons. The number of nitrogens with one attached hydrogen (secondary N) is 1. The number of nitrogens with zero attached hydrogens (tertiary/aromatic N) is 4. The second-order valence-electron chi connectivity index (χ2n) is 7.83. The van der Waals surface area contributed by atoms with E-state index in [9.17, 15) is 4.79 Å². The Labute approximate surface area is 198 Å². The zero-order chi connectivity index (χ0) is 23.3. The third-order valence-electron chi connectivity index (χ3n) is 5.50. The van der Waals surface area contributed by atoms with Gasteiger partial charge >= 0.3 is 0 Å². The third kappa shape index (κ3) is 7.69. The maximum atomic E-state index is 13.0. The summed E-state index contributed by atoms with van der Waals surface area (Å²) < 4.78 is 0. The van der Waals surface area contributed by atoms with Crippen LogP contribution in [-0.4, -0.2) is 48.3 Å². The molecule has 7 heteroatoms. The van der Waals surface area contributed by atoms with Crippen molar-refractivity contribution in [2.75, 3.05) is 47.6 Å². The lowest BCUT2D eigenvalue weighted by Crippen LogP contribution is -2.30. The lowest BCUT2D eigenvalue weighted by Gasteiger charge is -2.26. The van der Waals surface area contributed by atoms with Gasteiger partial charge in [0.05, 0.1) is 0 Å². The molecule has 0 saturated carbocycles. The van der Waals surface area contributed by atoms with Gasteiger partial charge < -0.3 is 15.1 Å². The lowest BCUT2D eigenvalue weighted by molar-refractivity contribution is -0.116. The van der Waals surface area contributed by atoms with E-state index in [-0.39, 0.29) is 5.91 Å². The molecule has 2 aromatic rings. The van der Waals surface area contributed by atoms with Gasteiger partial charge in [-0.15, -0.1) is 11.8 Å². The van der Waals surface area contributed by atoms with Crippen molar-refractivity contribution in [1.82, 2.24) is 9.97 Å². The molecule has 0 fully saturated rings. The van der Waals surface area contributed by atoms with Crippen LogP contribution in [0.1, 0.15) is 58.7 Å². The summed E-state index contributed by atoms with van der Waals surface area (Å²) in [6.07, 6.45) is 7.23. The fraction of sp³-hybridized carbons (Fsp3) is 0.560. The van der Waals surface area contributed by atoms with E-state index in [1.807, 2.05) is 19.2 Å². The molecule has 0 saturated heterocycles. The largest absolute Gasteiger partial charge is 0.371 e. The predicted molar refractivity (Wildman–Crippen MR) is 138 cm³/mol. The van der Waals surface area contributed by atoms with Crippen LogP contribution in [-0.2, 0) is 4.79 Å². The van der Waals surface area contributed by atoms with Crippen molar-refractivity contribution in [3.05, 3.63) is 36.2 Å². The molecule has 0 unspecified atom stereocenters. The normalized spacial score (nSPS) is 10.8. The fourth-order valence-electron chi connectivity index (χ4n) is 3.72. The minimum absolute atomic E-state index is 0.00403. The van der Waals surface area contributed by atoms with Gasteiger partial charge in [0, 0.05) is 38.3 Å². The first-order chi connectivity index (χ1) is 15.5. The number of carbonyl (C=O) groups is 1. The van der Waals surface area contributed by atoms with Crippen molar-refractivity contribution in [2.45, 2.75) is 64.8 Å². The molecule has 0 aliphatic rings. The van der Waals surface area contributed by atoms with Crippen LogP contribution in [0.5, 0.6) is 0 Å². The van der Waals surface area contributed by atoms with Gasteiger partial charge in [-0.3, -0.25) is 4.79 Å². The van der Waals surface area contributed by atoms with Crippen LogP contribution in [0.4, 0.5) is 17.2 Å². The second kappa shape index (κ2) is 14.0. The molecule has 0 bridgehead atoms. The highest BCUT2D eigenvalue weighted by atomic mass is 32.2. The van der Waals surface area contributed by atoms with Gasteiger partial charge in [0.2, 0.25) is 5.91 Å². The second-order valence-corrected chi connectivity index (χ2v) is 8.63. The Kier molecular flexibility index (Phi) is 11.4. The topological polar surface area (TPSA) is 61.4 Å². The molecule has 0 aliphatic carbocycles. The molecule has 0 radical (unpaired) electrons. The van der Waals surface area contributed by atoms with E-state index in [0.717, 1.165) is 48.4 Å². The quantitative estimate of drug-likeness (QED) is 0.221. The number of hydrogen-bond donors (Lipinski definition) is 1. The standard InChI is InChI=1S/C25H39N5OS/c1-6-9-10-14-18-30(21-15-12-11-13-16-21)19-17-22(31)28-23-24(29(7-2)8-3)26-20(4)27-25(23)32-5/h11-13,15-16H,6-10,14,17-19H2,1-5H3,(H,28,31). The van der Waals surface area contributed by atoms with Crippen LogP contribution in [0, 0.1) is 6.92 Å². The van der Waals surface area contributed by atoms with E-state index in [1.54, 1.807) is 0 Å². The van der Waals surface area contributed by atoms with Gasteiger partial charge in [0.15, 0.2) is 5.82 Å². The molecule has 32 heavy (non-hydrogen) atoms. The molecule has 1 aromatic carbocycles. The number of amides is 1. The number of aryl methyl sites for hydroxylation is 1. The zero-order valence-corrected chi connectivity index (χ0v) is 21.2. The van der Waals surface area contributed by atoms with Gasteiger partial charge in [-0.1, -0.05) is 44.4 Å². The van der Waals surface area contributed by atoms with E-state index < -0.39 is 0 Å². The number of thioether (sulfide) groups is 1. The van der Waals surface area contributed by atoms with Gasteiger partial charge in [-0.2, -0.15) is 0 Å². The summed E-state index contributed by atoms with van der Waals surface area (Å²) in [6, 6.07) is 10.4. The van der Waals surface area contributed by atoms with Crippen molar-refractivity contribution in [1.29, 1.82) is 0 Å². The molecule has 0 aliphatic heterocycles. The number of aromatic nitrogens is 2. The predicted octanol–water partition coefficient (Wildman–Crippen LogP) is 5.77. The summed E-state index contributed by atoms with van der Waals surface area (Å²) >= 11 is 1.54. The summed E-state index contributed by atoms with van der Waals surface area (Å²) in [5.41, 5.74) is 1.90. The Hall–Kier alpha value is -2.28. The molecule has 1 heterocycles. The van der Waals surface area contributed by atoms with E-state index in [2.05, 4.69) is 70.1 Å². The first-order valence-electron chi connectivity index (χ1n) is 11.8. The average Bonchev–Trinajstić information content (AvgIpc) is 2.81. The monoisotopic (exact) mass is 457 g/mol. The number of anilines is 3. The van der Waals surface area contributed by atoms with Crippen LogP contribution in [0.25, 0.3) is 0 Å². The van der Waals surface area contributed by atoms with Gasteiger partial charge in [0.25, 0.3) is 0 Å². The van der Waals surface area contributed by atoms with Crippen LogP contribution in [0.2, 0.25) is 0 Å². The molecule has 1 N–H and O–H groups in total. The molecule has 6 nitrogen and oxygen atoms in total. The smallest absolute Gasteiger partial charge is 0.226 e. The van der Waals surface area contributed by atoms with Crippen LogP contribution in [0.15, 0.2) is 35.4 Å². The average molecular weight is 458 g/mol. The lowest BCUT2D eigenvalue weighted by atomic mass is 10.2. The first kappa shape index (κ1) is 26.0. The van der Waals surface area contributed by atoms with Crippen LogP contribution < -0.4 is 15.1 Å². The summed E-state index contributed by atoms with van der Waals surface area (Å²) in [5.74, 6) is 1.52. The summed E-state index contributed by atoms with van der Waals surface area (Å²) in [4.78, 5) is 26.7. The Morgan fingerprint density at radius 1 is 0.969 bits per heavy atom. The molecular weight excluding hydrogens is 418 g/mol. The highest BCUT2D eigenvalue weighted by Gasteiger charge is 2.19. The third-order valence-corrected chi connectivity index (χ3v) is 6.18. The molecule has 2 rings (SSSR count). The Morgan fingerprint density at radius 2 is 1.69 bits per heavy atom. The molecule has 1 amide bonds. The Morgan fingerprint density at radius 3 is 2.31 bits per heavy atom. The highest BCUT2D eigenvalue weighted by Crippen LogP contribution is 2.32. The number of unbranched alkanes of at least 4 members (excludes halogenated alkanes) is 3. The molecule has 0 atom stereocenters. The number of hydrogen-bond acceptors (Lipinski definition) is 6. The van der Waals surface area contributed by atoms with Gasteiger partial charge in [0.1, 0.15) is 16.5 Å². The van der Waals surface area contributed by atoms with Gasteiger partial charge in [-0.25, -0.2) is 9.97 Å². The van der Waals surface area contributed by atoms with E-state index >= 15 is 0 Å². The number of para-hydroxylation sites is 1. The maximum Gasteiger partial charge on any atom is 0.226 e. The minimum Gasteiger partial charge on any atom is -0.371 e. The SMILES string of the molecule is CCCCCCN(CCC(=O)Nc1c(SC)nc(C)nc1N(CC)CC)c1ccccc1. The fourth-order valence-corrected chi connectivity index (χ4v) is 4.29. The summed E-state index contributed by atoms with van der Waals surface area (Å²) in [6.45, 7) is 11.6. The molecular formula is C25H39N5OS. The summed E-state index contributed by atoms with van der Waals surface area (Å²) in [7, 11) is 0. The zero-order valence-electron chi connectivity index (χ0n) is 20.4. The Bertz CT molecular complexity index is 827. The van der Waals surface area contributed by atoms with E-state index in [0.29, 0.717) is 13.0 Å².